The van der Waals surface area contributed by atoms with Crippen LogP contribution in [0.1, 0.15) is 25.8 Å². The molecule has 0 spiro atoms. The second-order valence-electron chi connectivity index (χ2n) is 5.69. The highest BCUT2D eigenvalue weighted by molar-refractivity contribution is 5.51. The molecule has 2 atom stereocenters. The van der Waals surface area contributed by atoms with Gasteiger partial charge in [-0.15, -0.1) is 0 Å². The second-order valence-corrected chi connectivity index (χ2v) is 5.69. The highest BCUT2D eigenvalue weighted by atomic mass is 16.5. The van der Waals surface area contributed by atoms with Gasteiger partial charge in [0.05, 0.1) is 13.2 Å². The van der Waals surface area contributed by atoms with Crippen molar-refractivity contribution in [3.63, 3.8) is 0 Å². The average molecular weight is 278 g/mol. The zero-order chi connectivity index (χ0) is 14.5. The van der Waals surface area contributed by atoms with Gasteiger partial charge in [0.15, 0.2) is 0 Å². The van der Waals surface area contributed by atoms with Crippen LogP contribution in [0.25, 0.3) is 0 Å². The third kappa shape index (κ3) is 3.64. The normalized spacial score (nSPS) is 23.6. The lowest BCUT2D eigenvalue weighted by molar-refractivity contribution is 0.206. The Morgan fingerprint density at radius 3 is 2.90 bits per heavy atom. The van der Waals surface area contributed by atoms with Gasteiger partial charge < -0.3 is 20.1 Å². The van der Waals surface area contributed by atoms with Crippen molar-refractivity contribution in [2.75, 3.05) is 32.1 Å². The standard InChI is InChI=1S/C16H26N2O2/c1-4-20-16-6-5-14(9-13(16)11-19)17-15-7-8-18(3)10-12(15)2/h5-6,9,12,15,17,19H,4,7-8,10-11H2,1-3H3. The molecule has 2 N–H and O–H groups in total. The number of benzene rings is 1. The van der Waals surface area contributed by atoms with Gasteiger partial charge >= 0.3 is 0 Å². The number of anilines is 1. The maximum absolute atomic E-state index is 9.45. The van der Waals surface area contributed by atoms with Crippen LogP contribution in [0.5, 0.6) is 5.75 Å². The van der Waals surface area contributed by atoms with Crippen LogP contribution in [0, 0.1) is 5.92 Å². The molecule has 1 saturated heterocycles. The van der Waals surface area contributed by atoms with E-state index in [4.69, 9.17) is 4.74 Å². The molecular weight excluding hydrogens is 252 g/mol. The van der Waals surface area contributed by atoms with Crippen molar-refractivity contribution in [3.8, 4) is 5.75 Å². The van der Waals surface area contributed by atoms with Crippen LogP contribution >= 0.6 is 0 Å². The van der Waals surface area contributed by atoms with Crippen molar-refractivity contribution in [2.45, 2.75) is 32.9 Å². The summed E-state index contributed by atoms with van der Waals surface area (Å²) in [5, 5.41) is 13.0. The number of piperidine rings is 1. The monoisotopic (exact) mass is 278 g/mol. The molecule has 20 heavy (non-hydrogen) atoms. The van der Waals surface area contributed by atoms with E-state index in [1.54, 1.807) is 0 Å². The first-order valence-electron chi connectivity index (χ1n) is 7.45. The number of ether oxygens (including phenoxy) is 1. The van der Waals surface area contributed by atoms with Gasteiger partial charge in [-0.1, -0.05) is 6.92 Å². The van der Waals surface area contributed by atoms with Crippen LogP contribution in [0.2, 0.25) is 0 Å². The van der Waals surface area contributed by atoms with Crippen molar-refractivity contribution < 1.29 is 9.84 Å². The molecule has 1 aromatic carbocycles. The number of rotatable bonds is 5. The Morgan fingerprint density at radius 2 is 2.25 bits per heavy atom. The number of nitrogens with one attached hydrogen (secondary N) is 1. The first-order chi connectivity index (χ1) is 9.63. The van der Waals surface area contributed by atoms with Gasteiger partial charge in [0, 0.05) is 23.8 Å². The Labute approximate surface area is 121 Å². The fraction of sp³-hybridized carbons (Fsp3) is 0.625. The van der Waals surface area contributed by atoms with E-state index in [1.165, 1.54) is 0 Å². The third-order valence-electron chi connectivity index (χ3n) is 3.99. The van der Waals surface area contributed by atoms with E-state index < -0.39 is 0 Å². The molecule has 0 saturated carbocycles. The molecular formula is C16H26N2O2. The first kappa shape index (κ1) is 15.1. The molecule has 0 aromatic heterocycles. The van der Waals surface area contributed by atoms with Crippen molar-refractivity contribution in [1.82, 2.24) is 4.90 Å². The fourth-order valence-electron chi connectivity index (χ4n) is 2.87. The summed E-state index contributed by atoms with van der Waals surface area (Å²) in [5.74, 6) is 1.40. The summed E-state index contributed by atoms with van der Waals surface area (Å²) in [6.07, 6.45) is 1.15. The van der Waals surface area contributed by atoms with Crippen molar-refractivity contribution >= 4 is 5.69 Å². The summed E-state index contributed by atoms with van der Waals surface area (Å²) in [6, 6.07) is 6.47. The first-order valence-corrected chi connectivity index (χ1v) is 7.45. The molecule has 0 amide bonds. The third-order valence-corrected chi connectivity index (χ3v) is 3.99. The zero-order valence-corrected chi connectivity index (χ0v) is 12.7. The lowest BCUT2D eigenvalue weighted by Gasteiger charge is -2.35. The molecule has 2 rings (SSSR count). The molecule has 112 valence electrons. The van der Waals surface area contributed by atoms with E-state index in [1.807, 2.05) is 25.1 Å². The van der Waals surface area contributed by atoms with Gasteiger partial charge in [-0.2, -0.15) is 0 Å². The summed E-state index contributed by atoms with van der Waals surface area (Å²) in [6.45, 7) is 7.12. The molecule has 2 unspecified atom stereocenters. The molecule has 1 aromatic rings. The minimum Gasteiger partial charge on any atom is -0.494 e. The Hall–Kier alpha value is -1.26. The second kappa shape index (κ2) is 6.95. The molecule has 0 radical (unpaired) electrons. The van der Waals surface area contributed by atoms with Crippen LogP contribution in [0.15, 0.2) is 18.2 Å². The predicted octanol–water partition coefficient (Wildman–Crippen LogP) is 2.33. The van der Waals surface area contributed by atoms with Crippen molar-refractivity contribution in [1.29, 1.82) is 0 Å². The summed E-state index contributed by atoms with van der Waals surface area (Å²) >= 11 is 0. The van der Waals surface area contributed by atoms with Crippen LogP contribution in [0.3, 0.4) is 0 Å². The molecule has 1 aliphatic rings. The number of hydrogen-bond donors (Lipinski definition) is 2. The Bertz CT molecular complexity index is 436. The Morgan fingerprint density at radius 1 is 1.45 bits per heavy atom. The molecule has 0 bridgehead atoms. The summed E-state index contributed by atoms with van der Waals surface area (Å²) in [4.78, 5) is 2.38. The molecule has 4 heteroatoms. The van der Waals surface area contributed by atoms with Crippen LogP contribution in [0.4, 0.5) is 5.69 Å². The molecule has 1 heterocycles. The predicted molar refractivity (Wildman–Crippen MR) is 82.2 cm³/mol. The van der Waals surface area contributed by atoms with E-state index in [2.05, 4.69) is 24.2 Å². The van der Waals surface area contributed by atoms with Gasteiger partial charge in [-0.05, 0) is 51.1 Å². The van der Waals surface area contributed by atoms with E-state index in [-0.39, 0.29) is 6.61 Å². The number of aliphatic hydroxyl groups is 1. The van der Waals surface area contributed by atoms with E-state index in [0.717, 1.165) is 36.5 Å². The molecule has 1 fully saturated rings. The minimum absolute atomic E-state index is 0.00775. The van der Waals surface area contributed by atoms with Gasteiger partial charge in [0.1, 0.15) is 5.75 Å². The minimum atomic E-state index is 0.00775. The van der Waals surface area contributed by atoms with Crippen LogP contribution < -0.4 is 10.1 Å². The van der Waals surface area contributed by atoms with E-state index in [0.29, 0.717) is 18.6 Å². The Balaban J connectivity index is 2.06. The summed E-state index contributed by atoms with van der Waals surface area (Å²) in [5.41, 5.74) is 1.91. The molecule has 1 aliphatic heterocycles. The van der Waals surface area contributed by atoms with Crippen LogP contribution in [-0.4, -0.2) is 42.8 Å². The van der Waals surface area contributed by atoms with E-state index >= 15 is 0 Å². The quantitative estimate of drug-likeness (QED) is 0.867. The molecule has 0 aliphatic carbocycles. The number of nitrogens with zero attached hydrogens (tertiary/aromatic N) is 1. The summed E-state index contributed by atoms with van der Waals surface area (Å²) in [7, 11) is 2.17. The van der Waals surface area contributed by atoms with E-state index in [9.17, 15) is 5.11 Å². The van der Waals surface area contributed by atoms with Crippen molar-refractivity contribution in [3.05, 3.63) is 23.8 Å². The highest BCUT2D eigenvalue weighted by Gasteiger charge is 2.24. The van der Waals surface area contributed by atoms with Crippen molar-refractivity contribution in [2.24, 2.45) is 5.92 Å². The topological polar surface area (TPSA) is 44.7 Å². The highest BCUT2D eigenvalue weighted by Crippen LogP contribution is 2.26. The maximum atomic E-state index is 9.45. The van der Waals surface area contributed by atoms with Gasteiger partial charge in [-0.3, -0.25) is 0 Å². The molecule has 4 nitrogen and oxygen atoms in total. The largest absolute Gasteiger partial charge is 0.494 e. The number of aliphatic hydroxyl groups excluding tert-OH is 1. The van der Waals surface area contributed by atoms with Crippen LogP contribution in [-0.2, 0) is 6.61 Å². The van der Waals surface area contributed by atoms with Gasteiger partial charge in [0.2, 0.25) is 0 Å². The zero-order valence-electron chi connectivity index (χ0n) is 12.7. The smallest absolute Gasteiger partial charge is 0.124 e. The number of hydrogen-bond acceptors (Lipinski definition) is 4. The fourth-order valence-corrected chi connectivity index (χ4v) is 2.87. The number of likely N-dealkylation sites (tertiary alicyclic amines) is 1. The summed E-state index contributed by atoms with van der Waals surface area (Å²) < 4.78 is 5.51. The lowest BCUT2D eigenvalue weighted by atomic mass is 9.94. The van der Waals surface area contributed by atoms with Gasteiger partial charge in [-0.25, -0.2) is 0 Å². The SMILES string of the molecule is CCOc1ccc(NC2CCN(C)CC2C)cc1CO. The average Bonchev–Trinajstić information content (AvgIpc) is 2.43. The Kier molecular flexibility index (Phi) is 5.26. The van der Waals surface area contributed by atoms with Gasteiger partial charge in [0.25, 0.3) is 0 Å². The maximum Gasteiger partial charge on any atom is 0.124 e. The lowest BCUT2D eigenvalue weighted by Crippen LogP contribution is -2.43.